The van der Waals surface area contributed by atoms with Gasteiger partial charge in [-0.05, 0) is 78.6 Å². The minimum Gasteiger partial charge on any atom is -0.378 e. The van der Waals surface area contributed by atoms with E-state index in [1.807, 2.05) is 24.3 Å². The molecule has 0 spiro atoms. The predicted molar refractivity (Wildman–Crippen MR) is 115 cm³/mol. The summed E-state index contributed by atoms with van der Waals surface area (Å²) in [7, 11) is 0. The zero-order valence-electron chi connectivity index (χ0n) is 16.9. The van der Waals surface area contributed by atoms with Crippen LogP contribution in [0, 0.1) is 19.3 Å². The molecule has 0 saturated carbocycles. The Morgan fingerprint density at radius 1 is 1.19 bits per heavy atom. The number of carbonyl (C=O) groups is 1. The Balaban J connectivity index is 1.82. The lowest BCUT2D eigenvalue weighted by molar-refractivity contribution is -0.117. The second-order valence-electron chi connectivity index (χ2n) is 8.79. The van der Waals surface area contributed by atoms with E-state index in [-0.39, 0.29) is 17.4 Å². The highest BCUT2D eigenvalue weighted by Gasteiger charge is 2.27. The molecule has 144 valence electrons. The molecular formula is C23H29ClN2O. The lowest BCUT2D eigenvalue weighted by Gasteiger charge is -2.21. The van der Waals surface area contributed by atoms with Gasteiger partial charge in [0.25, 0.3) is 0 Å². The Kier molecular flexibility index (Phi) is 5.53. The molecular weight excluding hydrogens is 356 g/mol. The Labute approximate surface area is 167 Å². The molecule has 1 aliphatic rings. The third-order valence-corrected chi connectivity index (χ3v) is 5.39. The molecule has 2 N–H and O–H groups in total. The molecule has 1 atom stereocenters. The van der Waals surface area contributed by atoms with Gasteiger partial charge in [-0.15, -0.1) is 0 Å². The van der Waals surface area contributed by atoms with E-state index >= 15 is 0 Å². The number of carbonyl (C=O) groups excluding carboxylic acids is 1. The lowest BCUT2D eigenvalue weighted by Crippen LogP contribution is -2.21. The van der Waals surface area contributed by atoms with Gasteiger partial charge in [0.15, 0.2) is 0 Å². The van der Waals surface area contributed by atoms with Gasteiger partial charge in [-0.2, -0.15) is 0 Å². The fourth-order valence-corrected chi connectivity index (χ4v) is 4.02. The van der Waals surface area contributed by atoms with Crippen molar-refractivity contribution in [3.8, 4) is 0 Å². The molecule has 0 bridgehead atoms. The van der Waals surface area contributed by atoms with Crippen LogP contribution in [0.1, 0.15) is 61.9 Å². The largest absolute Gasteiger partial charge is 0.378 e. The highest BCUT2D eigenvalue weighted by atomic mass is 35.5. The van der Waals surface area contributed by atoms with Crippen molar-refractivity contribution in [1.82, 2.24) is 0 Å². The van der Waals surface area contributed by atoms with Crippen LogP contribution in [0.2, 0.25) is 5.02 Å². The first-order chi connectivity index (χ1) is 12.6. The third-order valence-electron chi connectivity index (χ3n) is 5.14. The average molecular weight is 385 g/mol. The molecule has 2 aromatic rings. The lowest BCUT2D eigenvalue weighted by atomic mass is 9.91. The first-order valence-electron chi connectivity index (χ1n) is 9.59. The molecule has 0 aliphatic heterocycles. The maximum Gasteiger partial charge on any atom is 0.224 e. The van der Waals surface area contributed by atoms with Crippen LogP contribution in [0.3, 0.4) is 0 Å². The number of nitrogens with one attached hydrogen (secondary N) is 2. The summed E-state index contributed by atoms with van der Waals surface area (Å²) in [5.41, 5.74) is 7.07. The molecule has 0 saturated heterocycles. The van der Waals surface area contributed by atoms with Gasteiger partial charge in [0.05, 0.1) is 6.04 Å². The molecule has 3 nitrogen and oxygen atoms in total. The summed E-state index contributed by atoms with van der Waals surface area (Å²) >= 11 is 5.99. The minimum absolute atomic E-state index is 0.0176. The summed E-state index contributed by atoms with van der Waals surface area (Å²) in [6.07, 6.45) is 2.59. The second-order valence-corrected chi connectivity index (χ2v) is 9.23. The molecule has 0 radical (unpaired) electrons. The second kappa shape index (κ2) is 7.55. The van der Waals surface area contributed by atoms with Crippen LogP contribution in [0.25, 0.3) is 0 Å². The van der Waals surface area contributed by atoms with Gasteiger partial charge in [-0.1, -0.05) is 38.4 Å². The third kappa shape index (κ3) is 4.65. The maximum absolute atomic E-state index is 12.4. The van der Waals surface area contributed by atoms with Gasteiger partial charge in [-0.25, -0.2) is 0 Å². The van der Waals surface area contributed by atoms with Crippen LogP contribution >= 0.6 is 11.6 Å². The van der Waals surface area contributed by atoms with Crippen molar-refractivity contribution in [3.05, 3.63) is 57.6 Å². The summed E-state index contributed by atoms with van der Waals surface area (Å²) in [6, 6.07) is 10.4. The van der Waals surface area contributed by atoms with Gasteiger partial charge in [0.1, 0.15) is 0 Å². The number of aryl methyl sites for hydroxylation is 1. The fourth-order valence-electron chi connectivity index (χ4n) is 3.90. The zero-order valence-corrected chi connectivity index (χ0v) is 17.6. The zero-order chi connectivity index (χ0) is 19.8. The number of halogens is 1. The van der Waals surface area contributed by atoms with Crippen LogP contribution in [-0.2, 0) is 11.2 Å². The van der Waals surface area contributed by atoms with Gasteiger partial charge in [0.2, 0.25) is 5.91 Å². The Morgan fingerprint density at radius 3 is 2.48 bits per heavy atom. The van der Waals surface area contributed by atoms with Gasteiger partial charge < -0.3 is 10.6 Å². The van der Waals surface area contributed by atoms with E-state index in [4.69, 9.17) is 11.6 Å². The molecule has 4 heteroatoms. The standard InChI is InChI=1S/C23H29ClN2O/c1-14-12-19-18(15(2)22(14)26-21(27)13-23(3,4)5)10-11-20(19)25-17-8-6-16(24)7-9-17/h6-9,12,20,25H,10-11,13H2,1-5H3,(H,26,27). The van der Waals surface area contributed by atoms with E-state index in [2.05, 4.69) is 51.3 Å². The summed E-state index contributed by atoms with van der Waals surface area (Å²) in [5, 5.41) is 7.53. The molecule has 1 unspecified atom stereocenters. The van der Waals surface area contributed by atoms with Crippen molar-refractivity contribution in [2.45, 2.75) is 59.9 Å². The number of hydrogen-bond acceptors (Lipinski definition) is 2. The predicted octanol–water partition coefficient (Wildman–Crippen LogP) is 6.43. The quantitative estimate of drug-likeness (QED) is 0.637. The van der Waals surface area contributed by atoms with Crippen molar-refractivity contribution < 1.29 is 4.79 Å². The molecule has 2 aromatic carbocycles. The Hall–Kier alpha value is -2.00. The molecule has 0 heterocycles. The van der Waals surface area contributed by atoms with Crippen molar-refractivity contribution in [2.75, 3.05) is 10.6 Å². The summed E-state index contributed by atoms with van der Waals surface area (Å²) in [6.45, 7) is 10.5. The van der Waals surface area contributed by atoms with Gasteiger partial charge in [0, 0.05) is 22.8 Å². The highest BCUT2D eigenvalue weighted by molar-refractivity contribution is 6.30. The van der Waals surface area contributed by atoms with Gasteiger partial charge >= 0.3 is 0 Å². The van der Waals surface area contributed by atoms with E-state index in [1.165, 1.54) is 16.7 Å². The molecule has 27 heavy (non-hydrogen) atoms. The monoisotopic (exact) mass is 384 g/mol. The molecule has 3 rings (SSSR count). The van der Waals surface area contributed by atoms with Crippen molar-refractivity contribution in [2.24, 2.45) is 5.41 Å². The summed E-state index contributed by atoms with van der Waals surface area (Å²) in [4.78, 5) is 12.4. The van der Waals surface area contributed by atoms with Crippen molar-refractivity contribution >= 4 is 28.9 Å². The molecule has 1 aliphatic carbocycles. The van der Waals surface area contributed by atoms with Crippen LogP contribution < -0.4 is 10.6 Å². The number of anilines is 2. The Morgan fingerprint density at radius 2 is 1.85 bits per heavy atom. The van der Waals surface area contributed by atoms with Crippen molar-refractivity contribution in [1.29, 1.82) is 0 Å². The smallest absolute Gasteiger partial charge is 0.224 e. The first-order valence-corrected chi connectivity index (χ1v) is 9.97. The van der Waals surface area contributed by atoms with E-state index in [0.717, 1.165) is 34.8 Å². The normalized spacial score (nSPS) is 16.1. The van der Waals surface area contributed by atoms with Crippen molar-refractivity contribution in [3.63, 3.8) is 0 Å². The number of amides is 1. The maximum atomic E-state index is 12.4. The van der Waals surface area contributed by atoms with E-state index < -0.39 is 0 Å². The van der Waals surface area contributed by atoms with Crippen LogP contribution in [-0.4, -0.2) is 5.91 Å². The van der Waals surface area contributed by atoms with Crippen LogP contribution in [0.5, 0.6) is 0 Å². The van der Waals surface area contributed by atoms with E-state index in [9.17, 15) is 4.79 Å². The summed E-state index contributed by atoms with van der Waals surface area (Å²) < 4.78 is 0. The molecule has 0 aromatic heterocycles. The minimum atomic E-state index is -0.0176. The number of hydrogen-bond donors (Lipinski definition) is 2. The highest BCUT2D eigenvalue weighted by Crippen LogP contribution is 2.40. The fraction of sp³-hybridized carbons (Fsp3) is 0.435. The number of rotatable bonds is 4. The van der Waals surface area contributed by atoms with Gasteiger partial charge in [-0.3, -0.25) is 4.79 Å². The summed E-state index contributed by atoms with van der Waals surface area (Å²) in [5.74, 6) is 0.0856. The average Bonchev–Trinajstić information content (AvgIpc) is 2.95. The SMILES string of the molecule is Cc1cc2c(c(C)c1NC(=O)CC(C)(C)C)CCC2Nc1ccc(Cl)cc1. The number of fused-ring (bicyclic) bond motifs is 1. The first kappa shape index (κ1) is 19.8. The number of benzene rings is 2. The molecule has 1 amide bonds. The molecule has 0 fully saturated rings. The van der Waals surface area contributed by atoms with Crippen LogP contribution in [0.15, 0.2) is 30.3 Å². The van der Waals surface area contributed by atoms with Crippen LogP contribution in [0.4, 0.5) is 11.4 Å². The Bertz CT molecular complexity index is 850. The van der Waals surface area contributed by atoms with E-state index in [0.29, 0.717) is 6.42 Å². The van der Waals surface area contributed by atoms with E-state index in [1.54, 1.807) is 0 Å². The topological polar surface area (TPSA) is 41.1 Å².